The summed E-state index contributed by atoms with van der Waals surface area (Å²) >= 11 is 0. The van der Waals surface area contributed by atoms with Gasteiger partial charge in [-0.05, 0) is 62.4 Å². The van der Waals surface area contributed by atoms with Crippen molar-refractivity contribution in [2.24, 2.45) is 11.7 Å². The topological polar surface area (TPSA) is 213 Å². The van der Waals surface area contributed by atoms with Crippen molar-refractivity contribution in [3.05, 3.63) is 42.0 Å². The van der Waals surface area contributed by atoms with Crippen LogP contribution in [0.15, 0.2) is 36.4 Å². The Hall–Kier alpha value is -4.34. The lowest BCUT2D eigenvalue weighted by molar-refractivity contribution is -0.149. The van der Waals surface area contributed by atoms with Crippen LogP contribution in [-0.2, 0) is 35.4 Å². The van der Waals surface area contributed by atoms with E-state index >= 15 is 0 Å². The molecule has 1 rings (SSSR count). The second-order valence-corrected chi connectivity index (χ2v) is 11.3. The molecule has 0 aliphatic heterocycles. The van der Waals surface area contributed by atoms with Crippen LogP contribution < -0.4 is 37.6 Å². The Morgan fingerprint density at radius 1 is 0.915 bits per heavy atom. The largest absolute Gasteiger partial charge is 0.353 e. The first kappa shape index (κ1) is 40.7. The molecule has 0 saturated carbocycles. The minimum atomic E-state index is -0.948. The number of likely N-dealkylation sites (N-methyl/N-ethyl adjacent to an activating group) is 2. The summed E-state index contributed by atoms with van der Waals surface area (Å²) in [7, 11) is 3.72. The van der Waals surface area contributed by atoms with Gasteiger partial charge < -0.3 is 37.6 Å². The van der Waals surface area contributed by atoms with Crippen LogP contribution >= 0.6 is 0 Å². The molecule has 0 fully saturated rings. The van der Waals surface area contributed by atoms with E-state index in [1.807, 2.05) is 26.2 Å². The monoisotopic (exact) mass is 660 g/mol. The van der Waals surface area contributed by atoms with Crippen LogP contribution in [0.25, 0.3) is 0 Å². The Balaban J connectivity index is 2.74. The third-order valence-electron chi connectivity index (χ3n) is 6.92. The van der Waals surface area contributed by atoms with E-state index in [2.05, 4.69) is 31.9 Å². The minimum absolute atomic E-state index is 0.186. The Morgan fingerprint density at radius 3 is 2.26 bits per heavy atom. The highest BCUT2D eigenvalue weighted by Gasteiger charge is 2.28. The van der Waals surface area contributed by atoms with Crippen molar-refractivity contribution in [2.75, 3.05) is 45.6 Å². The molecule has 47 heavy (non-hydrogen) atoms. The zero-order chi connectivity index (χ0) is 35.0. The number of anilines is 1. The number of nitrogens with zero attached hydrogens (tertiary/aromatic N) is 1. The van der Waals surface area contributed by atoms with Gasteiger partial charge in [0, 0.05) is 51.4 Å². The molecule has 0 unspecified atom stereocenters. The van der Waals surface area contributed by atoms with Gasteiger partial charge >= 0.3 is 6.03 Å². The van der Waals surface area contributed by atoms with Crippen molar-refractivity contribution in [1.29, 1.82) is 0 Å². The van der Waals surface area contributed by atoms with E-state index in [0.717, 1.165) is 30.8 Å². The highest BCUT2D eigenvalue weighted by atomic mass is 16.7. The van der Waals surface area contributed by atoms with Crippen LogP contribution in [-0.4, -0.2) is 93.4 Å². The first-order chi connectivity index (χ1) is 22.5. The summed E-state index contributed by atoms with van der Waals surface area (Å²) in [6.45, 7) is 6.09. The summed E-state index contributed by atoms with van der Waals surface area (Å²) in [5.41, 5.74) is 6.59. The van der Waals surface area contributed by atoms with Crippen LogP contribution in [0.3, 0.4) is 0 Å². The second-order valence-electron chi connectivity index (χ2n) is 11.3. The molecule has 0 bridgehead atoms. The molecular formula is C32H52N8O7. The standard InChI is InChI=1S/C32H52N8O7/c1-23(2)29(39-28(43)11-6-5-7-17-35-27(42)12-9-21-41)31(45)38-26(10-8-18-36-32(33)46)30(44)37-25-15-13-24(14-16-25)22-47-40(4)20-19-34-3/h9,12-16,21,23,26,29,34H,5-8,10-11,17-20,22H2,1-4H3,(H,35,42)(H,37,44)(H,38,45)(H,39,43)(H3,33,36,46)/b12-9-/t26-,29-/m0/s1. The number of nitrogens with one attached hydrogen (secondary N) is 6. The number of hydroxylamine groups is 2. The van der Waals surface area contributed by atoms with E-state index < -0.39 is 29.9 Å². The van der Waals surface area contributed by atoms with Gasteiger partial charge in [0.1, 0.15) is 18.4 Å². The average molecular weight is 661 g/mol. The molecule has 1 aromatic carbocycles. The molecule has 15 nitrogen and oxygen atoms in total. The highest BCUT2D eigenvalue weighted by Crippen LogP contribution is 2.13. The van der Waals surface area contributed by atoms with E-state index in [4.69, 9.17) is 10.6 Å². The SMILES string of the molecule is CNCCN(C)OCc1ccc(NC(=O)[C@H](CCCNC(N)=O)NC(=O)[C@@H](NC(=O)CCCCCNC(=O)/C=C\C=O)C(C)C)cc1. The molecule has 8 N–H and O–H groups in total. The number of primary amides is 1. The molecule has 6 amide bonds. The summed E-state index contributed by atoms with van der Waals surface area (Å²) in [6, 6.07) is 4.64. The minimum Gasteiger partial charge on any atom is -0.353 e. The van der Waals surface area contributed by atoms with Crippen molar-refractivity contribution in [3.63, 3.8) is 0 Å². The lowest BCUT2D eigenvalue weighted by Gasteiger charge is -2.25. The Labute approximate surface area is 277 Å². The van der Waals surface area contributed by atoms with Crippen molar-refractivity contribution in [3.8, 4) is 0 Å². The number of unbranched alkanes of at least 4 members (excludes halogenated alkanes) is 2. The van der Waals surface area contributed by atoms with Crippen molar-refractivity contribution in [2.45, 2.75) is 71.1 Å². The van der Waals surface area contributed by atoms with Crippen molar-refractivity contribution >= 4 is 41.6 Å². The zero-order valence-corrected chi connectivity index (χ0v) is 27.9. The van der Waals surface area contributed by atoms with Crippen LogP contribution in [0, 0.1) is 5.92 Å². The van der Waals surface area contributed by atoms with E-state index in [9.17, 15) is 28.8 Å². The molecule has 15 heteroatoms. The molecule has 0 saturated heterocycles. The lowest BCUT2D eigenvalue weighted by Crippen LogP contribution is -2.54. The normalized spacial score (nSPS) is 12.4. The van der Waals surface area contributed by atoms with Gasteiger partial charge in [0.15, 0.2) is 0 Å². The number of benzene rings is 1. The summed E-state index contributed by atoms with van der Waals surface area (Å²) in [6.07, 6.45) is 5.41. The maximum atomic E-state index is 13.3. The van der Waals surface area contributed by atoms with Crippen molar-refractivity contribution < 1.29 is 33.6 Å². The fraction of sp³-hybridized carbons (Fsp3) is 0.562. The summed E-state index contributed by atoms with van der Waals surface area (Å²) < 4.78 is 0. The third kappa shape index (κ3) is 19.0. The molecule has 0 spiro atoms. The molecule has 262 valence electrons. The van der Waals surface area contributed by atoms with Gasteiger partial charge in [-0.25, -0.2) is 4.79 Å². The van der Waals surface area contributed by atoms with Gasteiger partial charge in [0.2, 0.25) is 23.6 Å². The number of carbonyl (C=O) groups excluding carboxylic acids is 6. The number of aldehydes is 1. The number of hydrogen-bond donors (Lipinski definition) is 7. The molecule has 0 aliphatic carbocycles. The third-order valence-corrected chi connectivity index (χ3v) is 6.92. The van der Waals surface area contributed by atoms with Crippen LogP contribution in [0.4, 0.5) is 10.5 Å². The van der Waals surface area contributed by atoms with Crippen molar-refractivity contribution in [1.82, 2.24) is 31.6 Å². The predicted molar refractivity (Wildman–Crippen MR) is 179 cm³/mol. The lowest BCUT2D eigenvalue weighted by atomic mass is 10.0. The van der Waals surface area contributed by atoms with E-state index in [1.54, 1.807) is 31.0 Å². The second kappa shape index (κ2) is 23.9. The Bertz CT molecular complexity index is 1160. The van der Waals surface area contributed by atoms with E-state index in [1.165, 1.54) is 0 Å². The van der Waals surface area contributed by atoms with Gasteiger partial charge in [0.25, 0.3) is 0 Å². The smallest absolute Gasteiger partial charge is 0.312 e. The Morgan fingerprint density at radius 2 is 1.62 bits per heavy atom. The first-order valence-corrected chi connectivity index (χ1v) is 15.9. The van der Waals surface area contributed by atoms with E-state index in [0.29, 0.717) is 50.8 Å². The van der Waals surface area contributed by atoms with Crippen LogP contribution in [0.1, 0.15) is 57.9 Å². The van der Waals surface area contributed by atoms with Gasteiger partial charge in [-0.2, -0.15) is 5.06 Å². The molecule has 0 heterocycles. The van der Waals surface area contributed by atoms with Crippen LogP contribution in [0.2, 0.25) is 0 Å². The van der Waals surface area contributed by atoms with Gasteiger partial charge in [-0.15, -0.1) is 0 Å². The van der Waals surface area contributed by atoms with Gasteiger partial charge in [-0.3, -0.25) is 28.8 Å². The summed E-state index contributed by atoms with van der Waals surface area (Å²) in [4.78, 5) is 77.8. The number of amides is 6. The summed E-state index contributed by atoms with van der Waals surface area (Å²) in [5.74, 6) is -1.88. The Kier molecular flexibility index (Phi) is 20.7. The average Bonchev–Trinajstić information content (AvgIpc) is 3.03. The quantitative estimate of drug-likeness (QED) is 0.0360. The highest BCUT2D eigenvalue weighted by molar-refractivity contribution is 5.98. The first-order valence-electron chi connectivity index (χ1n) is 15.9. The molecular weight excluding hydrogens is 608 g/mol. The maximum absolute atomic E-state index is 13.3. The molecule has 1 aromatic rings. The number of carbonyl (C=O) groups is 6. The number of nitrogens with two attached hydrogens (primary N) is 1. The molecule has 2 atom stereocenters. The maximum Gasteiger partial charge on any atom is 0.312 e. The molecule has 0 aromatic heterocycles. The predicted octanol–water partition coefficient (Wildman–Crippen LogP) is 0.714. The fourth-order valence-electron chi connectivity index (χ4n) is 4.25. The van der Waals surface area contributed by atoms with Crippen LogP contribution in [0.5, 0.6) is 0 Å². The number of rotatable bonds is 24. The zero-order valence-electron chi connectivity index (χ0n) is 27.9. The molecule has 0 aliphatic rings. The molecule has 0 radical (unpaired) electrons. The van der Waals surface area contributed by atoms with E-state index in [-0.39, 0.29) is 37.1 Å². The number of allylic oxidation sites excluding steroid dienone is 1. The van der Waals surface area contributed by atoms with Gasteiger partial charge in [-0.1, -0.05) is 32.4 Å². The fourth-order valence-corrected chi connectivity index (χ4v) is 4.25. The number of hydrogen-bond acceptors (Lipinski definition) is 9. The summed E-state index contributed by atoms with van der Waals surface area (Å²) in [5, 5.41) is 18.3. The number of urea groups is 1. The van der Waals surface area contributed by atoms with Gasteiger partial charge in [0.05, 0.1) is 6.61 Å².